The smallest absolute Gasteiger partial charge is 0.269 e. The van der Waals surface area contributed by atoms with Gasteiger partial charge < -0.3 is 5.32 Å². The summed E-state index contributed by atoms with van der Waals surface area (Å²) in [4.78, 5) is 10.1. The van der Waals surface area contributed by atoms with Gasteiger partial charge in [0, 0.05) is 22.6 Å². The average molecular weight is 339 g/mol. The number of hydrogen-bond acceptors (Lipinski definition) is 3. The van der Waals surface area contributed by atoms with Gasteiger partial charge in [-0.2, -0.15) is 0 Å². The predicted octanol–water partition coefficient (Wildman–Crippen LogP) is 4.67. The lowest BCUT2D eigenvalue weighted by Crippen LogP contribution is -2.08. The standard InChI is InChI=1S/C14H12BrFN2O2/c1-9(10-5-7-11(8-6-10)18(19)20)17-14-12(15)3-2-4-13(14)16/h2-9,17H,1H3. The van der Waals surface area contributed by atoms with Gasteiger partial charge >= 0.3 is 0 Å². The van der Waals surface area contributed by atoms with E-state index in [1.807, 2.05) is 6.92 Å². The first-order chi connectivity index (χ1) is 9.49. The van der Waals surface area contributed by atoms with Crippen molar-refractivity contribution in [2.75, 3.05) is 5.32 Å². The zero-order valence-electron chi connectivity index (χ0n) is 10.6. The van der Waals surface area contributed by atoms with E-state index in [9.17, 15) is 14.5 Å². The topological polar surface area (TPSA) is 55.2 Å². The van der Waals surface area contributed by atoms with Gasteiger partial charge in [-0.05, 0) is 40.5 Å². The van der Waals surface area contributed by atoms with E-state index in [1.165, 1.54) is 18.2 Å². The van der Waals surface area contributed by atoms with Gasteiger partial charge in [-0.15, -0.1) is 0 Å². The van der Waals surface area contributed by atoms with Crippen molar-refractivity contribution in [3.05, 3.63) is 68.4 Å². The van der Waals surface area contributed by atoms with Crippen LogP contribution in [0.2, 0.25) is 0 Å². The molecule has 20 heavy (non-hydrogen) atoms. The number of halogens is 2. The maximum Gasteiger partial charge on any atom is 0.269 e. The Balaban J connectivity index is 2.19. The van der Waals surface area contributed by atoms with Crippen molar-refractivity contribution in [3.8, 4) is 0 Å². The Bertz CT molecular complexity index is 611. The summed E-state index contributed by atoms with van der Waals surface area (Å²) in [6, 6.07) is 10.7. The molecule has 0 aliphatic heterocycles. The van der Waals surface area contributed by atoms with E-state index in [0.717, 1.165) is 5.56 Å². The highest BCUT2D eigenvalue weighted by atomic mass is 79.9. The number of nitro groups is 1. The lowest BCUT2D eigenvalue weighted by atomic mass is 10.1. The highest BCUT2D eigenvalue weighted by Crippen LogP contribution is 2.29. The molecule has 0 aliphatic rings. The molecule has 4 nitrogen and oxygen atoms in total. The zero-order chi connectivity index (χ0) is 14.7. The van der Waals surface area contributed by atoms with Gasteiger partial charge in [-0.25, -0.2) is 4.39 Å². The Morgan fingerprint density at radius 2 is 1.90 bits per heavy atom. The van der Waals surface area contributed by atoms with Crippen LogP contribution >= 0.6 is 15.9 Å². The number of nitrogens with one attached hydrogen (secondary N) is 1. The molecule has 0 aromatic heterocycles. The summed E-state index contributed by atoms with van der Waals surface area (Å²) in [7, 11) is 0. The van der Waals surface area contributed by atoms with Gasteiger partial charge in [0.05, 0.1) is 10.6 Å². The SMILES string of the molecule is CC(Nc1c(F)cccc1Br)c1ccc([N+](=O)[O-])cc1. The summed E-state index contributed by atoms with van der Waals surface area (Å²) >= 11 is 3.29. The fourth-order valence-corrected chi connectivity index (χ4v) is 2.28. The lowest BCUT2D eigenvalue weighted by Gasteiger charge is -2.17. The maximum atomic E-state index is 13.7. The van der Waals surface area contributed by atoms with Crippen molar-refractivity contribution in [1.29, 1.82) is 0 Å². The van der Waals surface area contributed by atoms with Crippen LogP contribution in [0.5, 0.6) is 0 Å². The third kappa shape index (κ3) is 3.14. The molecule has 0 spiro atoms. The van der Waals surface area contributed by atoms with E-state index >= 15 is 0 Å². The normalized spacial score (nSPS) is 11.9. The summed E-state index contributed by atoms with van der Waals surface area (Å²) in [6.45, 7) is 1.86. The van der Waals surface area contributed by atoms with Gasteiger partial charge in [0.1, 0.15) is 5.82 Å². The maximum absolute atomic E-state index is 13.7. The summed E-state index contributed by atoms with van der Waals surface area (Å²) in [6.07, 6.45) is 0. The molecule has 0 saturated carbocycles. The van der Waals surface area contributed by atoms with E-state index < -0.39 is 4.92 Å². The molecule has 1 atom stereocenters. The second-order valence-corrected chi connectivity index (χ2v) is 5.17. The minimum Gasteiger partial charge on any atom is -0.375 e. The molecule has 0 radical (unpaired) electrons. The molecule has 2 aromatic rings. The Morgan fingerprint density at radius 3 is 2.45 bits per heavy atom. The highest BCUT2D eigenvalue weighted by molar-refractivity contribution is 9.10. The van der Waals surface area contributed by atoms with Gasteiger partial charge in [-0.3, -0.25) is 10.1 Å². The number of non-ortho nitro benzene ring substituents is 1. The summed E-state index contributed by atoms with van der Waals surface area (Å²) in [5.41, 5.74) is 1.25. The zero-order valence-corrected chi connectivity index (χ0v) is 12.2. The molecule has 0 aliphatic carbocycles. The monoisotopic (exact) mass is 338 g/mol. The first-order valence-electron chi connectivity index (χ1n) is 5.94. The summed E-state index contributed by atoms with van der Waals surface area (Å²) in [5.74, 6) is -0.354. The lowest BCUT2D eigenvalue weighted by molar-refractivity contribution is -0.384. The van der Waals surface area contributed by atoms with Gasteiger partial charge in [0.25, 0.3) is 5.69 Å². The van der Waals surface area contributed by atoms with Crippen LogP contribution in [-0.4, -0.2) is 4.92 Å². The minimum absolute atomic E-state index is 0.0352. The molecule has 0 fully saturated rings. The summed E-state index contributed by atoms with van der Waals surface area (Å²) in [5, 5.41) is 13.6. The van der Waals surface area contributed by atoms with Crippen LogP contribution in [0.15, 0.2) is 46.9 Å². The average Bonchev–Trinajstić information content (AvgIpc) is 2.43. The molecule has 0 heterocycles. The van der Waals surface area contributed by atoms with Gasteiger partial charge in [0.15, 0.2) is 0 Å². The molecule has 0 bridgehead atoms. The second kappa shape index (κ2) is 6.00. The third-order valence-corrected chi connectivity index (χ3v) is 3.59. The second-order valence-electron chi connectivity index (χ2n) is 4.31. The largest absolute Gasteiger partial charge is 0.375 e. The van der Waals surface area contributed by atoms with E-state index in [0.29, 0.717) is 10.2 Å². The van der Waals surface area contributed by atoms with E-state index in [-0.39, 0.29) is 17.5 Å². The van der Waals surface area contributed by atoms with E-state index in [4.69, 9.17) is 0 Å². The molecule has 1 N–H and O–H groups in total. The van der Waals surface area contributed by atoms with Crippen molar-refractivity contribution in [2.24, 2.45) is 0 Å². The van der Waals surface area contributed by atoms with Crippen LogP contribution in [0.4, 0.5) is 15.8 Å². The fourth-order valence-electron chi connectivity index (χ4n) is 1.82. The van der Waals surface area contributed by atoms with Crippen LogP contribution in [0.1, 0.15) is 18.5 Å². The highest BCUT2D eigenvalue weighted by Gasteiger charge is 2.12. The Morgan fingerprint density at radius 1 is 1.25 bits per heavy atom. The van der Waals surface area contributed by atoms with Gasteiger partial charge in [0.2, 0.25) is 0 Å². The van der Waals surface area contributed by atoms with Crippen LogP contribution in [0, 0.1) is 15.9 Å². The fraction of sp³-hybridized carbons (Fsp3) is 0.143. The van der Waals surface area contributed by atoms with Crippen molar-refractivity contribution in [3.63, 3.8) is 0 Å². The minimum atomic E-state index is -0.449. The van der Waals surface area contributed by atoms with Gasteiger partial charge in [-0.1, -0.05) is 18.2 Å². The van der Waals surface area contributed by atoms with E-state index in [1.54, 1.807) is 24.3 Å². The number of nitrogens with zero attached hydrogens (tertiary/aromatic N) is 1. The van der Waals surface area contributed by atoms with Crippen molar-refractivity contribution >= 4 is 27.3 Å². The first-order valence-corrected chi connectivity index (χ1v) is 6.73. The third-order valence-electron chi connectivity index (χ3n) is 2.93. The molecular weight excluding hydrogens is 327 g/mol. The number of anilines is 1. The van der Waals surface area contributed by atoms with E-state index in [2.05, 4.69) is 21.2 Å². The molecule has 0 saturated heterocycles. The Kier molecular flexibility index (Phi) is 4.34. The number of nitro benzene ring substituents is 1. The molecule has 6 heteroatoms. The van der Waals surface area contributed by atoms with Crippen LogP contribution in [0.25, 0.3) is 0 Å². The summed E-state index contributed by atoms with van der Waals surface area (Å²) < 4.78 is 14.3. The number of benzene rings is 2. The number of rotatable bonds is 4. The van der Waals surface area contributed by atoms with Crippen molar-refractivity contribution < 1.29 is 9.31 Å². The molecule has 0 amide bonds. The van der Waals surface area contributed by atoms with Crippen LogP contribution in [-0.2, 0) is 0 Å². The van der Waals surface area contributed by atoms with Crippen LogP contribution < -0.4 is 5.32 Å². The quantitative estimate of drug-likeness (QED) is 0.651. The molecular formula is C14H12BrFN2O2. The Hall–Kier alpha value is -1.95. The van der Waals surface area contributed by atoms with Crippen molar-refractivity contribution in [2.45, 2.75) is 13.0 Å². The predicted molar refractivity (Wildman–Crippen MR) is 79.2 cm³/mol. The van der Waals surface area contributed by atoms with Crippen molar-refractivity contribution in [1.82, 2.24) is 0 Å². The molecule has 104 valence electrons. The molecule has 2 rings (SSSR count). The Labute approximate surface area is 123 Å². The molecule has 1 unspecified atom stereocenters. The molecule has 2 aromatic carbocycles. The number of hydrogen-bond donors (Lipinski definition) is 1. The first kappa shape index (κ1) is 14.5. The number of para-hydroxylation sites is 1. The van der Waals surface area contributed by atoms with Crippen LogP contribution in [0.3, 0.4) is 0 Å².